The van der Waals surface area contributed by atoms with Crippen LogP contribution in [0.1, 0.15) is 18.1 Å². The van der Waals surface area contributed by atoms with Crippen LogP contribution >= 0.6 is 11.6 Å². The number of ether oxygens (including phenoxy) is 2. The van der Waals surface area contributed by atoms with E-state index in [4.69, 9.17) is 21.1 Å². The van der Waals surface area contributed by atoms with Gasteiger partial charge in [0.05, 0.1) is 18.2 Å². The Morgan fingerprint density at radius 2 is 2.00 bits per heavy atom. The third kappa shape index (κ3) is 4.28. The van der Waals surface area contributed by atoms with Crippen LogP contribution in [0.5, 0.6) is 11.5 Å². The molecule has 0 saturated heterocycles. The molecule has 2 aromatic carbocycles. The van der Waals surface area contributed by atoms with Crippen molar-refractivity contribution in [3.05, 3.63) is 77.1 Å². The van der Waals surface area contributed by atoms with Gasteiger partial charge in [-0.15, -0.1) is 0 Å². The number of nitrogens with zero attached hydrogens (tertiary/aromatic N) is 2. The quantitative estimate of drug-likeness (QED) is 0.524. The number of halogens is 1. The molecule has 0 fully saturated rings. The molecule has 1 aromatic heterocycles. The molecule has 2 heterocycles. The first-order chi connectivity index (χ1) is 13.7. The number of benzene rings is 2. The lowest BCUT2D eigenvalue weighted by molar-refractivity contribution is 0.298. The van der Waals surface area contributed by atoms with Crippen LogP contribution in [0.2, 0.25) is 5.02 Å². The number of aromatic nitrogens is 1. The molecule has 0 spiro atoms. The number of rotatable bonds is 8. The van der Waals surface area contributed by atoms with Gasteiger partial charge in [-0.25, -0.2) is 0 Å². The number of hydrogen-bond acceptors (Lipinski definition) is 3. The summed E-state index contributed by atoms with van der Waals surface area (Å²) in [7, 11) is 0. The fourth-order valence-corrected chi connectivity index (χ4v) is 3.77. The first kappa shape index (κ1) is 18.8. The summed E-state index contributed by atoms with van der Waals surface area (Å²) in [5.74, 6) is 1.75. The molecule has 5 heteroatoms. The van der Waals surface area contributed by atoms with Gasteiger partial charge in [0.25, 0.3) is 0 Å². The summed E-state index contributed by atoms with van der Waals surface area (Å²) in [4.78, 5) is 2.34. The first-order valence-electron chi connectivity index (χ1n) is 9.75. The van der Waals surface area contributed by atoms with E-state index in [1.807, 2.05) is 36.7 Å². The topological polar surface area (TPSA) is 26.6 Å². The summed E-state index contributed by atoms with van der Waals surface area (Å²) in [6.45, 7) is 6.07. The molecule has 0 amide bonds. The molecule has 146 valence electrons. The fourth-order valence-electron chi connectivity index (χ4n) is 3.52. The van der Waals surface area contributed by atoms with Gasteiger partial charge in [-0.2, -0.15) is 0 Å². The van der Waals surface area contributed by atoms with Gasteiger partial charge < -0.3 is 18.9 Å². The molecule has 0 atom stereocenters. The van der Waals surface area contributed by atoms with Crippen molar-refractivity contribution in [1.82, 2.24) is 4.57 Å². The molecule has 28 heavy (non-hydrogen) atoms. The maximum atomic E-state index is 6.47. The second kappa shape index (κ2) is 8.61. The number of hydrogen-bond donors (Lipinski definition) is 0. The normalized spacial score (nSPS) is 12.5. The van der Waals surface area contributed by atoms with Gasteiger partial charge in [-0.1, -0.05) is 17.7 Å². The molecule has 0 radical (unpaired) electrons. The summed E-state index contributed by atoms with van der Waals surface area (Å²) in [5.41, 5.74) is 3.68. The zero-order valence-electron chi connectivity index (χ0n) is 16.1. The summed E-state index contributed by atoms with van der Waals surface area (Å²) in [5, 5.41) is 0.656. The van der Waals surface area contributed by atoms with Crippen LogP contribution in [-0.4, -0.2) is 24.3 Å². The summed E-state index contributed by atoms with van der Waals surface area (Å²) in [6.07, 6.45) is 5.04. The highest BCUT2D eigenvalue weighted by Crippen LogP contribution is 2.31. The zero-order valence-corrected chi connectivity index (χ0v) is 16.9. The Labute approximate surface area is 171 Å². The van der Waals surface area contributed by atoms with Crippen LogP contribution < -0.4 is 14.4 Å². The molecule has 0 saturated carbocycles. The van der Waals surface area contributed by atoms with Gasteiger partial charge in [-0.05, 0) is 60.5 Å². The minimum Gasteiger partial charge on any atom is -0.493 e. The molecular formula is C23H25ClN2O2. The molecule has 3 aromatic rings. The van der Waals surface area contributed by atoms with Crippen LogP contribution in [0.3, 0.4) is 0 Å². The van der Waals surface area contributed by atoms with Gasteiger partial charge in [-0.3, -0.25) is 0 Å². The van der Waals surface area contributed by atoms with Crippen LogP contribution in [0.25, 0.3) is 0 Å². The molecule has 0 N–H and O–H groups in total. The van der Waals surface area contributed by atoms with Gasteiger partial charge in [0.15, 0.2) is 0 Å². The average molecular weight is 397 g/mol. The van der Waals surface area contributed by atoms with E-state index in [1.165, 1.54) is 16.8 Å². The lowest BCUT2D eigenvalue weighted by Crippen LogP contribution is -2.22. The van der Waals surface area contributed by atoms with Crippen LogP contribution in [0, 0.1) is 0 Å². The van der Waals surface area contributed by atoms with E-state index >= 15 is 0 Å². The maximum absolute atomic E-state index is 6.47. The van der Waals surface area contributed by atoms with Crippen LogP contribution in [-0.2, 0) is 19.5 Å². The van der Waals surface area contributed by atoms with Crippen molar-refractivity contribution >= 4 is 17.3 Å². The molecule has 1 aliphatic heterocycles. The van der Waals surface area contributed by atoms with Gasteiger partial charge >= 0.3 is 0 Å². The van der Waals surface area contributed by atoms with Gasteiger partial charge in [0.1, 0.15) is 18.1 Å². The predicted molar refractivity (Wildman–Crippen MR) is 114 cm³/mol. The van der Waals surface area contributed by atoms with E-state index in [9.17, 15) is 0 Å². The minimum atomic E-state index is 0.589. The smallest absolute Gasteiger partial charge is 0.137 e. The Morgan fingerprint density at radius 1 is 1.14 bits per heavy atom. The highest BCUT2D eigenvalue weighted by Gasteiger charge is 2.15. The summed E-state index contributed by atoms with van der Waals surface area (Å²) in [6, 6.07) is 16.5. The Morgan fingerprint density at radius 3 is 2.79 bits per heavy atom. The minimum absolute atomic E-state index is 0.589. The van der Waals surface area contributed by atoms with E-state index in [1.54, 1.807) is 0 Å². The van der Waals surface area contributed by atoms with E-state index < -0.39 is 0 Å². The van der Waals surface area contributed by atoms with Crippen molar-refractivity contribution in [2.24, 2.45) is 0 Å². The van der Waals surface area contributed by atoms with E-state index in [-0.39, 0.29) is 0 Å². The molecule has 4 nitrogen and oxygen atoms in total. The van der Waals surface area contributed by atoms with E-state index in [2.05, 4.69) is 40.7 Å². The van der Waals surface area contributed by atoms with Crippen molar-refractivity contribution in [2.45, 2.75) is 26.4 Å². The average Bonchev–Trinajstić information content (AvgIpc) is 3.38. The highest BCUT2D eigenvalue weighted by atomic mass is 35.5. The third-order valence-corrected chi connectivity index (χ3v) is 5.36. The fraction of sp³-hybridized carbons (Fsp3) is 0.304. The Balaban J connectivity index is 1.40. The standard InChI is InChI=1S/C23H25ClN2O2/c1-2-26(20-6-8-22-19(16-20)9-13-27-22)17-18-5-7-23(21(24)15-18)28-14-12-25-10-3-4-11-25/h3-8,10-11,15-16H,2,9,12-14,17H2,1H3. The SMILES string of the molecule is CCN(Cc1ccc(OCCn2cccc2)c(Cl)c1)c1ccc2c(c1)CCO2. The maximum Gasteiger partial charge on any atom is 0.137 e. The third-order valence-electron chi connectivity index (χ3n) is 5.06. The second-order valence-electron chi connectivity index (χ2n) is 6.94. The number of anilines is 1. The molecule has 0 bridgehead atoms. The largest absolute Gasteiger partial charge is 0.493 e. The molecule has 4 rings (SSSR count). The second-order valence-corrected chi connectivity index (χ2v) is 7.35. The van der Waals surface area contributed by atoms with Crippen molar-refractivity contribution in [2.75, 3.05) is 24.7 Å². The summed E-state index contributed by atoms with van der Waals surface area (Å²) < 4.78 is 13.6. The van der Waals surface area contributed by atoms with Gasteiger partial charge in [0.2, 0.25) is 0 Å². The molecule has 1 aliphatic rings. The number of fused-ring (bicyclic) bond motifs is 1. The van der Waals surface area contributed by atoms with E-state index in [0.717, 1.165) is 44.2 Å². The van der Waals surface area contributed by atoms with Crippen molar-refractivity contribution in [1.29, 1.82) is 0 Å². The van der Waals surface area contributed by atoms with Crippen molar-refractivity contribution in [3.63, 3.8) is 0 Å². The lowest BCUT2D eigenvalue weighted by atomic mass is 10.1. The van der Waals surface area contributed by atoms with Crippen molar-refractivity contribution < 1.29 is 9.47 Å². The lowest BCUT2D eigenvalue weighted by Gasteiger charge is -2.24. The Bertz CT molecular complexity index is 924. The summed E-state index contributed by atoms with van der Waals surface area (Å²) >= 11 is 6.47. The zero-order chi connectivity index (χ0) is 19.3. The molecular weight excluding hydrogens is 372 g/mol. The van der Waals surface area contributed by atoms with Crippen LogP contribution in [0.15, 0.2) is 60.9 Å². The molecule has 0 unspecified atom stereocenters. The van der Waals surface area contributed by atoms with Crippen LogP contribution in [0.4, 0.5) is 5.69 Å². The molecule has 0 aliphatic carbocycles. The highest BCUT2D eigenvalue weighted by molar-refractivity contribution is 6.32. The van der Waals surface area contributed by atoms with Crippen molar-refractivity contribution in [3.8, 4) is 11.5 Å². The first-order valence-corrected chi connectivity index (χ1v) is 10.1. The predicted octanol–water partition coefficient (Wildman–Crippen LogP) is 5.18. The monoisotopic (exact) mass is 396 g/mol. The Kier molecular flexibility index (Phi) is 5.77. The Hall–Kier alpha value is -2.59. The van der Waals surface area contributed by atoms with Gasteiger partial charge in [0, 0.05) is 37.6 Å². The van der Waals surface area contributed by atoms with E-state index in [0.29, 0.717) is 11.6 Å².